The highest BCUT2D eigenvalue weighted by Crippen LogP contribution is 2.51. The summed E-state index contributed by atoms with van der Waals surface area (Å²) in [4.78, 5) is 40.0. The number of carbonyl (C=O) groups is 3. The summed E-state index contributed by atoms with van der Waals surface area (Å²) in [5.74, 6) is -0.943. The van der Waals surface area contributed by atoms with Crippen molar-refractivity contribution in [1.29, 1.82) is 0 Å². The maximum atomic E-state index is 13.8. The van der Waals surface area contributed by atoms with E-state index in [0.717, 1.165) is 5.56 Å². The van der Waals surface area contributed by atoms with Crippen LogP contribution in [0.5, 0.6) is 11.5 Å². The fourth-order valence-electron chi connectivity index (χ4n) is 5.39. The summed E-state index contributed by atoms with van der Waals surface area (Å²) in [5, 5.41) is 23.4. The quantitative estimate of drug-likeness (QED) is 0.255. The van der Waals surface area contributed by atoms with Crippen molar-refractivity contribution < 1.29 is 34.1 Å². The first-order chi connectivity index (χ1) is 20.0. The Morgan fingerprint density at radius 3 is 2.55 bits per heavy atom. The number of fused-ring (bicyclic) bond motifs is 1. The number of benzene rings is 3. The van der Waals surface area contributed by atoms with Crippen LogP contribution < -0.4 is 15.0 Å². The molecule has 0 radical (unpaired) electrons. The van der Waals surface area contributed by atoms with E-state index in [-0.39, 0.29) is 46.4 Å². The van der Waals surface area contributed by atoms with Gasteiger partial charge in [0.05, 0.1) is 18.2 Å². The smallest absolute Gasteiger partial charge is 0.415 e. The number of carbonyl (C=O) groups excluding carboxylic acids is 2. The van der Waals surface area contributed by atoms with Crippen LogP contribution in [0.2, 0.25) is 5.02 Å². The number of amides is 1. The molecule has 1 heterocycles. The minimum Gasteiger partial charge on any atom is -0.506 e. The molecule has 0 bridgehead atoms. The Bertz CT molecular complexity index is 1570. The predicted molar refractivity (Wildman–Crippen MR) is 158 cm³/mol. The van der Waals surface area contributed by atoms with Gasteiger partial charge in [0, 0.05) is 22.7 Å². The number of hydrogen-bond acceptors (Lipinski definition) is 7. The largest absolute Gasteiger partial charge is 0.506 e. The van der Waals surface area contributed by atoms with Crippen molar-refractivity contribution in [2.45, 2.75) is 45.8 Å². The molecule has 1 amide bonds. The molecule has 0 saturated carbocycles. The second-order valence-electron chi connectivity index (χ2n) is 11.1. The zero-order valence-electron chi connectivity index (χ0n) is 23.2. The lowest BCUT2D eigenvalue weighted by atomic mass is 9.73. The number of Topliss-reactive ketones (excluding diaryl/α,β-unsaturated/α-hetero) is 1. The molecular weight excluding hydrogens is 560 g/mol. The second kappa shape index (κ2) is 11.8. The minimum atomic E-state index is -1.13. The van der Waals surface area contributed by atoms with Crippen LogP contribution >= 0.6 is 11.6 Å². The molecule has 1 atom stereocenters. The van der Waals surface area contributed by atoms with Gasteiger partial charge in [0.2, 0.25) is 0 Å². The summed E-state index contributed by atoms with van der Waals surface area (Å²) in [7, 11) is 0. The molecule has 218 valence electrons. The van der Waals surface area contributed by atoms with Crippen molar-refractivity contribution in [3.05, 3.63) is 94.1 Å². The molecule has 9 nitrogen and oxygen atoms in total. The van der Waals surface area contributed by atoms with Gasteiger partial charge in [-0.15, -0.1) is 0 Å². The molecule has 3 N–H and O–H groups in total. The van der Waals surface area contributed by atoms with Gasteiger partial charge in [-0.2, -0.15) is 0 Å². The number of ketones is 1. The summed E-state index contributed by atoms with van der Waals surface area (Å²) in [5.41, 5.74) is 2.40. The molecule has 0 saturated heterocycles. The number of aromatic hydroxyl groups is 1. The number of anilines is 2. The van der Waals surface area contributed by atoms with E-state index in [0.29, 0.717) is 35.6 Å². The van der Waals surface area contributed by atoms with Crippen LogP contribution in [0.4, 0.5) is 16.2 Å². The number of carboxylic acid groups (broad SMARTS) is 1. The van der Waals surface area contributed by atoms with Crippen LogP contribution in [-0.2, 0) is 20.9 Å². The third kappa shape index (κ3) is 6.06. The van der Waals surface area contributed by atoms with Crippen LogP contribution in [0.25, 0.3) is 0 Å². The average Bonchev–Trinajstić information content (AvgIpc) is 3.07. The highest BCUT2D eigenvalue weighted by molar-refractivity contribution is 6.31. The Hall–Kier alpha value is -4.50. The van der Waals surface area contributed by atoms with E-state index in [4.69, 9.17) is 26.2 Å². The van der Waals surface area contributed by atoms with E-state index in [9.17, 15) is 19.5 Å². The summed E-state index contributed by atoms with van der Waals surface area (Å²) < 4.78 is 11.3. The molecule has 1 aliphatic carbocycles. The van der Waals surface area contributed by atoms with Crippen molar-refractivity contribution in [2.24, 2.45) is 5.41 Å². The number of aliphatic carboxylic acids is 1. The van der Waals surface area contributed by atoms with E-state index in [1.165, 1.54) is 11.0 Å². The van der Waals surface area contributed by atoms with Crippen LogP contribution in [0.3, 0.4) is 0 Å². The monoisotopic (exact) mass is 590 g/mol. The number of hydrogen-bond donors (Lipinski definition) is 3. The van der Waals surface area contributed by atoms with Gasteiger partial charge in [0.15, 0.2) is 5.78 Å². The Morgan fingerprint density at radius 1 is 1.07 bits per heavy atom. The summed E-state index contributed by atoms with van der Waals surface area (Å²) >= 11 is 6.87. The average molecular weight is 591 g/mol. The van der Waals surface area contributed by atoms with Gasteiger partial charge >= 0.3 is 12.1 Å². The number of carboxylic acids is 1. The Labute approximate surface area is 248 Å². The summed E-state index contributed by atoms with van der Waals surface area (Å²) in [6.07, 6.45) is -0.591. The first kappa shape index (κ1) is 29.0. The molecule has 0 spiro atoms. The third-order valence-corrected chi connectivity index (χ3v) is 7.59. The second-order valence-corrected chi connectivity index (χ2v) is 11.5. The van der Waals surface area contributed by atoms with Gasteiger partial charge in [-0.25, -0.2) is 4.79 Å². The standard InChI is InChI=1S/C32H31ClN2O7/c1-32(2)16-23-28(26(37)17-32)30(21-12-11-20(15-22(21)33)42-18-19-7-4-3-5-8-19)35(31(40)41-14-13-27(38)39)24-9-6-10-25(36)29(24)34-23/h3-12,15,30,34,36H,13-14,16-18H2,1-2H3,(H,38,39). The lowest BCUT2D eigenvalue weighted by molar-refractivity contribution is -0.137. The zero-order valence-corrected chi connectivity index (χ0v) is 24.0. The number of phenolic OH excluding ortho intramolecular Hbond substituents is 1. The number of ether oxygens (including phenoxy) is 2. The van der Waals surface area contributed by atoms with Crippen LogP contribution in [0.15, 0.2) is 78.0 Å². The molecule has 0 aromatic heterocycles. The van der Waals surface area contributed by atoms with Gasteiger partial charge in [-0.3, -0.25) is 14.5 Å². The molecule has 5 rings (SSSR count). The molecule has 2 aliphatic rings. The SMILES string of the molecule is CC1(C)CC(=O)C2=C(C1)Nc1c(O)cccc1N(C(=O)OCCC(=O)O)C2c1ccc(OCc2ccccc2)cc1Cl. The molecule has 3 aromatic rings. The Balaban J connectivity index is 1.63. The number of phenols is 1. The van der Waals surface area contributed by atoms with Gasteiger partial charge in [0.1, 0.15) is 30.4 Å². The maximum Gasteiger partial charge on any atom is 0.415 e. The number of rotatable bonds is 7. The molecular formula is C32H31ClN2O7. The highest BCUT2D eigenvalue weighted by atomic mass is 35.5. The summed E-state index contributed by atoms with van der Waals surface area (Å²) in [6.45, 7) is 3.89. The van der Waals surface area contributed by atoms with Crippen LogP contribution in [0, 0.1) is 5.41 Å². The predicted octanol–water partition coefficient (Wildman–Crippen LogP) is 6.85. The lowest BCUT2D eigenvalue weighted by Gasteiger charge is -2.37. The first-order valence-electron chi connectivity index (χ1n) is 13.5. The topological polar surface area (TPSA) is 125 Å². The van der Waals surface area contributed by atoms with Crippen LogP contribution in [0.1, 0.15) is 50.3 Å². The number of allylic oxidation sites excluding steroid dienone is 1. The zero-order chi connectivity index (χ0) is 30.0. The van der Waals surface area contributed by atoms with E-state index in [2.05, 4.69) is 5.32 Å². The number of nitrogens with zero attached hydrogens (tertiary/aromatic N) is 1. The molecule has 1 unspecified atom stereocenters. The van der Waals surface area contributed by atoms with Gasteiger partial charge in [-0.05, 0) is 47.2 Å². The Morgan fingerprint density at radius 2 is 1.83 bits per heavy atom. The maximum absolute atomic E-state index is 13.8. The highest BCUT2D eigenvalue weighted by Gasteiger charge is 2.45. The van der Waals surface area contributed by atoms with Crippen molar-refractivity contribution >= 4 is 40.8 Å². The normalized spacial score (nSPS) is 17.5. The van der Waals surface area contributed by atoms with Gasteiger partial charge < -0.3 is 25.0 Å². The molecule has 1 aliphatic heterocycles. The van der Waals surface area contributed by atoms with E-state index >= 15 is 0 Å². The van der Waals surface area contributed by atoms with E-state index < -0.39 is 24.5 Å². The van der Waals surface area contributed by atoms with Gasteiger partial charge in [0.25, 0.3) is 0 Å². The summed E-state index contributed by atoms with van der Waals surface area (Å²) in [6, 6.07) is 18.3. The lowest BCUT2D eigenvalue weighted by Crippen LogP contribution is -2.40. The van der Waals surface area contributed by atoms with E-state index in [1.807, 2.05) is 44.2 Å². The third-order valence-electron chi connectivity index (χ3n) is 7.26. The van der Waals surface area contributed by atoms with Crippen molar-refractivity contribution in [3.63, 3.8) is 0 Å². The van der Waals surface area contributed by atoms with Crippen molar-refractivity contribution in [1.82, 2.24) is 0 Å². The molecule has 3 aromatic carbocycles. The molecule has 0 fully saturated rings. The number of para-hydroxylation sites is 1. The van der Waals surface area contributed by atoms with Gasteiger partial charge in [-0.1, -0.05) is 67.9 Å². The van der Waals surface area contributed by atoms with Crippen molar-refractivity contribution in [2.75, 3.05) is 16.8 Å². The number of halogens is 1. The number of nitrogens with one attached hydrogen (secondary N) is 1. The first-order valence-corrected chi connectivity index (χ1v) is 13.9. The van der Waals surface area contributed by atoms with Crippen molar-refractivity contribution in [3.8, 4) is 11.5 Å². The van der Waals surface area contributed by atoms with E-state index in [1.54, 1.807) is 30.3 Å². The molecule has 42 heavy (non-hydrogen) atoms. The van der Waals surface area contributed by atoms with Crippen LogP contribution in [-0.4, -0.2) is 34.7 Å². The fourth-order valence-corrected chi connectivity index (χ4v) is 5.67. The minimum absolute atomic E-state index is 0.130. The fraction of sp³-hybridized carbons (Fsp3) is 0.281. The molecule has 10 heteroatoms. The Kier molecular flexibility index (Phi) is 8.13.